The van der Waals surface area contributed by atoms with Gasteiger partial charge < -0.3 is 25.2 Å². The summed E-state index contributed by atoms with van der Waals surface area (Å²) in [7, 11) is 1.57. The summed E-state index contributed by atoms with van der Waals surface area (Å²) in [4.78, 5) is 24.4. The van der Waals surface area contributed by atoms with Crippen molar-refractivity contribution in [1.29, 1.82) is 0 Å². The average molecular weight is 300 g/mol. The number of nitrogens with one attached hydrogen (secondary N) is 2. The standard InChI is InChI=1S/C14H24N2O5/c1-20-10-13(2-6-15-7-3-13)11(17)16-14(12(18)19)4-8-21-9-5-14/h15H,2-10H2,1H3,(H,16,17)(H,18,19). The minimum atomic E-state index is -1.21. The number of piperidine rings is 1. The van der Waals surface area contributed by atoms with Gasteiger partial charge in [-0.2, -0.15) is 0 Å². The van der Waals surface area contributed by atoms with E-state index in [0.29, 0.717) is 45.5 Å². The molecule has 2 aliphatic heterocycles. The van der Waals surface area contributed by atoms with Crippen LogP contribution in [0.2, 0.25) is 0 Å². The largest absolute Gasteiger partial charge is 0.480 e. The van der Waals surface area contributed by atoms with E-state index in [9.17, 15) is 14.7 Å². The summed E-state index contributed by atoms with van der Waals surface area (Å²) < 4.78 is 10.5. The second-order valence-corrected chi connectivity index (χ2v) is 5.92. The van der Waals surface area contributed by atoms with Crippen LogP contribution in [0.25, 0.3) is 0 Å². The maximum atomic E-state index is 12.8. The number of methoxy groups -OCH3 is 1. The van der Waals surface area contributed by atoms with Gasteiger partial charge in [-0.1, -0.05) is 0 Å². The molecule has 1 amide bonds. The van der Waals surface area contributed by atoms with E-state index >= 15 is 0 Å². The molecule has 7 heteroatoms. The fourth-order valence-electron chi connectivity index (χ4n) is 3.08. The lowest BCUT2D eigenvalue weighted by Gasteiger charge is -2.40. The summed E-state index contributed by atoms with van der Waals surface area (Å²) in [5.74, 6) is -1.20. The number of hydrogen-bond donors (Lipinski definition) is 3. The van der Waals surface area contributed by atoms with Crippen LogP contribution >= 0.6 is 0 Å². The maximum Gasteiger partial charge on any atom is 0.329 e. The Morgan fingerprint density at radius 3 is 2.38 bits per heavy atom. The van der Waals surface area contributed by atoms with E-state index in [-0.39, 0.29) is 5.91 Å². The van der Waals surface area contributed by atoms with Crippen LogP contribution in [0, 0.1) is 5.41 Å². The second kappa shape index (κ2) is 6.72. The van der Waals surface area contributed by atoms with Crippen LogP contribution in [-0.2, 0) is 19.1 Å². The number of hydrogen-bond acceptors (Lipinski definition) is 5. The predicted octanol–water partition coefficient (Wildman–Crippen LogP) is -0.247. The topological polar surface area (TPSA) is 96.9 Å². The average Bonchev–Trinajstić information content (AvgIpc) is 2.49. The number of carbonyl (C=O) groups excluding carboxylic acids is 1. The highest BCUT2D eigenvalue weighted by atomic mass is 16.5. The third-order valence-corrected chi connectivity index (χ3v) is 4.57. The van der Waals surface area contributed by atoms with E-state index < -0.39 is 16.9 Å². The van der Waals surface area contributed by atoms with Crippen LogP contribution in [-0.4, -0.2) is 62.5 Å². The van der Waals surface area contributed by atoms with Crippen molar-refractivity contribution >= 4 is 11.9 Å². The predicted molar refractivity (Wildman–Crippen MR) is 75.0 cm³/mol. The first-order chi connectivity index (χ1) is 10.0. The van der Waals surface area contributed by atoms with Gasteiger partial charge in [0, 0.05) is 33.2 Å². The molecule has 2 saturated heterocycles. The Labute approximate surface area is 124 Å². The van der Waals surface area contributed by atoms with E-state index in [0.717, 1.165) is 13.1 Å². The molecule has 2 rings (SSSR count). The van der Waals surface area contributed by atoms with Crippen LogP contribution < -0.4 is 10.6 Å². The zero-order valence-corrected chi connectivity index (χ0v) is 12.4. The smallest absolute Gasteiger partial charge is 0.329 e. The first-order valence-electron chi connectivity index (χ1n) is 7.38. The van der Waals surface area contributed by atoms with Crippen molar-refractivity contribution in [3.63, 3.8) is 0 Å². The van der Waals surface area contributed by atoms with E-state index in [1.165, 1.54) is 0 Å². The first kappa shape index (κ1) is 16.2. The lowest BCUT2D eigenvalue weighted by atomic mass is 9.77. The second-order valence-electron chi connectivity index (χ2n) is 5.92. The van der Waals surface area contributed by atoms with Gasteiger partial charge in [-0.3, -0.25) is 4.79 Å². The van der Waals surface area contributed by atoms with Crippen molar-refractivity contribution in [2.75, 3.05) is 40.0 Å². The highest BCUT2D eigenvalue weighted by molar-refractivity contribution is 5.90. The highest BCUT2D eigenvalue weighted by Gasteiger charge is 2.47. The molecule has 21 heavy (non-hydrogen) atoms. The number of amides is 1. The molecule has 0 saturated carbocycles. The molecular weight excluding hydrogens is 276 g/mol. The van der Waals surface area contributed by atoms with Crippen molar-refractivity contribution in [2.45, 2.75) is 31.2 Å². The van der Waals surface area contributed by atoms with E-state index in [1.54, 1.807) is 7.11 Å². The fourth-order valence-corrected chi connectivity index (χ4v) is 3.08. The summed E-state index contributed by atoms with van der Waals surface area (Å²) in [6.07, 6.45) is 1.91. The SMILES string of the molecule is COCC1(C(=O)NC2(C(=O)O)CCOCC2)CCNCC1. The van der Waals surface area contributed by atoms with Crippen molar-refractivity contribution in [3.05, 3.63) is 0 Å². The van der Waals surface area contributed by atoms with Crippen LogP contribution in [0.1, 0.15) is 25.7 Å². The van der Waals surface area contributed by atoms with Crippen molar-refractivity contribution < 1.29 is 24.2 Å². The molecule has 0 aromatic rings. The van der Waals surface area contributed by atoms with Crippen molar-refractivity contribution in [1.82, 2.24) is 10.6 Å². The molecule has 120 valence electrons. The monoisotopic (exact) mass is 300 g/mol. The number of carbonyl (C=O) groups is 2. The minimum Gasteiger partial charge on any atom is -0.480 e. The molecule has 0 radical (unpaired) electrons. The molecule has 3 N–H and O–H groups in total. The van der Waals surface area contributed by atoms with E-state index in [4.69, 9.17) is 9.47 Å². The third kappa shape index (κ3) is 3.36. The Bertz CT molecular complexity index is 381. The van der Waals surface area contributed by atoms with Gasteiger partial charge in [0.15, 0.2) is 0 Å². The molecule has 2 heterocycles. The van der Waals surface area contributed by atoms with Crippen LogP contribution in [0.3, 0.4) is 0 Å². The van der Waals surface area contributed by atoms with Crippen molar-refractivity contribution in [2.24, 2.45) is 5.41 Å². The number of ether oxygens (including phenoxy) is 2. The molecule has 0 unspecified atom stereocenters. The molecule has 0 aliphatic carbocycles. The number of carboxylic acids is 1. The summed E-state index contributed by atoms with van der Waals surface area (Å²) in [5.41, 5.74) is -1.85. The van der Waals surface area contributed by atoms with E-state index in [2.05, 4.69) is 10.6 Å². The molecule has 0 bridgehead atoms. The minimum absolute atomic E-state index is 0.213. The Morgan fingerprint density at radius 1 is 1.24 bits per heavy atom. The first-order valence-corrected chi connectivity index (χ1v) is 7.38. The van der Waals surface area contributed by atoms with Gasteiger partial charge in [-0.05, 0) is 25.9 Å². The number of rotatable bonds is 5. The lowest BCUT2D eigenvalue weighted by molar-refractivity contribution is -0.155. The number of carboxylic acid groups (broad SMARTS) is 1. The van der Waals surface area contributed by atoms with Crippen LogP contribution in [0.5, 0.6) is 0 Å². The van der Waals surface area contributed by atoms with Gasteiger partial charge in [-0.15, -0.1) is 0 Å². The highest BCUT2D eigenvalue weighted by Crippen LogP contribution is 2.31. The third-order valence-electron chi connectivity index (χ3n) is 4.57. The zero-order valence-electron chi connectivity index (χ0n) is 12.4. The summed E-state index contributed by atoms with van der Waals surface area (Å²) >= 11 is 0. The maximum absolute atomic E-state index is 12.8. The molecular formula is C14H24N2O5. The van der Waals surface area contributed by atoms with Gasteiger partial charge >= 0.3 is 5.97 Å². The molecule has 0 aromatic heterocycles. The molecule has 2 aliphatic rings. The van der Waals surface area contributed by atoms with Gasteiger partial charge in [0.05, 0.1) is 12.0 Å². The normalized spacial score (nSPS) is 24.2. The Hall–Kier alpha value is -1.18. The van der Waals surface area contributed by atoms with Gasteiger partial charge in [0.1, 0.15) is 5.54 Å². The van der Waals surface area contributed by atoms with E-state index in [1.807, 2.05) is 0 Å². The van der Waals surface area contributed by atoms with Gasteiger partial charge in [0.2, 0.25) is 5.91 Å². The molecule has 2 fully saturated rings. The number of aliphatic carboxylic acids is 1. The Kier molecular flexibility index (Phi) is 5.18. The summed E-state index contributed by atoms with van der Waals surface area (Å²) in [5, 5.41) is 15.6. The molecule has 0 atom stereocenters. The fraction of sp³-hybridized carbons (Fsp3) is 0.857. The Morgan fingerprint density at radius 2 is 1.86 bits per heavy atom. The molecule has 7 nitrogen and oxygen atoms in total. The Balaban J connectivity index is 2.14. The molecule has 0 spiro atoms. The quantitative estimate of drug-likeness (QED) is 0.648. The summed E-state index contributed by atoms with van der Waals surface area (Å²) in [6.45, 7) is 2.49. The van der Waals surface area contributed by atoms with Crippen LogP contribution in [0.15, 0.2) is 0 Å². The van der Waals surface area contributed by atoms with Crippen LogP contribution in [0.4, 0.5) is 0 Å². The van der Waals surface area contributed by atoms with Gasteiger partial charge in [0.25, 0.3) is 0 Å². The van der Waals surface area contributed by atoms with Crippen molar-refractivity contribution in [3.8, 4) is 0 Å². The molecule has 0 aromatic carbocycles. The summed E-state index contributed by atoms with van der Waals surface area (Å²) in [6, 6.07) is 0. The van der Waals surface area contributed by atoms with Gasteiger partial charge in [-0.25, -0.2) is 4.79 Å². The lowest BCUT2D eigenvalue weighted by Crippen LogP contribution is -2.62. The zero-order chi connectivity index (χ0) is 15.3.